The first kappa shape index (κ1) is 15.4. The smallest absolute Gasteiger partial charge is 0.235 e. The molecule has 0 atom stereocenters. The van der Waals surface area contributed by atoms with Gasteiger partial charge in [0, 0.05) is 29.0 Å². The zero-order valence-corrected chi connectivity index (χ0v) is 14.5. The van der Waals surface area contributed by atoms with E-state index >= 15 is 0 Å². The van der Waals surface area contributed by atoms with E-state index in [2.05, 4.69) is 26.6 Å². The molecule has 0 aliphatic carbocycles. The van der Waals surface area contributed by atoms with Gasteiger partial charge in [-0.25, -0.2) is 9.97 Å². The fourth-order valence-corrected chi connectivity index (χ4v) is 3.11. The monoisotopic (exact) mass is 356 g/mol. The van der Waals surface area contributed by atoms with Crippen molar-refractivity contribution in [2.45, 2.75) is 0 Å². The van der Waals surface area contributed by atoms with E-state index in [9.17, 15) is 0 Å². The van der Waals surface area contributed by atoms with Crippen LogP contribution >= 0.6 is 0 Å². The van der Waals surface area contributed by atoms with Crippen molar-refractivity contribution >= 4 is 28.2 Å². The maximum absolute atomic E-state index is 5.24. The van der Waals surface area contributed by atoms with Gasteiger partial charge < -0.3 is 10.1 Å². The van der Waals surface area contributed by atoms with Gasteiger partial charge in [-0.3, -0.25) is 9.50 Å². The van der Waals surface area contributed by atoms with Crippen LogP contribution in [0.1, 0.15) is 0 Å². The van der Waals surface area contributed by atoms with Gasteiger partial charge in [-0.05, 0) is 42.5 Å². The summed E-state index contributed by atoms with van der Waals surface area (Å²) in [5.74, 6) is 2.30. The highest BCUT2D eigenvalue weighted by Gasteiger charge is 2.15. The Kier molecular flexibility index (Phi) is 3.50. The van der Waals surface area contributed by atoms with Crippen LogP contribution in [0.3, 0.4) is 0 Å². The number of nitrogens with zero attached hydrogens (tertiary/aromatic N) is 4. The summed E-state index contributed by atoms with van der Waals surface area (Å²) < 4.78 is 7.18. The molecule has 0 aliphatic heterocycles. The van der Waals surface area contributed by atoms with Crippen LogP contribution in [-0.4, -0.2) is 31.7 Å². The molecule has 27 heavy (non-hydrogen) atoms. The number of ether oxygens (including phenoxy) is 1. The number of anilines is 2. The van der Waals surface area contributed by atoms with Gasteiger partial charge in [0.25, 0.3) is 0 Å². The molecule has 0 bridgehead atoms. The number of nitrogens with one attached hydrogen (secondary N) is 2. The summed E-state index contributed by atoms with van der Waals surface area (Å²) in [5.41, 5.74) is 3.75. The molecule has 0 saturated heterocycles. The van der Waals surface area contributed by atoms with Crippen LogP contribution in [0.15, 0.2) is 67.1 Å². The SMILES string of the molecule is COc1ccc(Nc2c(-c3ccc4[nH]ncc4c3)nc3ncccn23)cc1. The predicted octanol–water partition coefficient (Wildman–Crippen LogP) is 4.02. The lowest BCUT2D eigenvalue weighted by atomic mass is 10.1. The average Bonchev–Trinajstić information content (AvgIpc) is 3.33. The topological polar surface area (TPSA) is 80.1 Å². The molecule has 0 fully saturated rings. The minimum atomic E-state index is 0.635. The number of imidazole rings is 1. The van der Waals surface area contributed by atoms with E-state index < -0.39 is 0 Å². The molecule has 0 amide bonds. The highest BCUT2D eigenvalue weighted by Crippen LogP contribution is 2.32. The maximum Gasteiger partial charge on any atom is 0.235 e. The summed E-state index contributed by atoms with van der Waals surface area (Å²) in [7, 11) is 1.66. The van der Waals surface area contributed by atoms with E-state index in [0.29, 0.717) is 5.78 Å². The van der Waals surface area contributed by atoms with E-state index in [1.54, 1.807) is 13.3 Å². The first-order chi connectivity index (χ1) is 13.3. The Labute approximate surface area is 154 Å². The molecule has 132 valence electrons. The number of hydrogen-bond acceptors (Lipinski definition) is 5. The van der Waals surface area contributed by atoms with Crippen molar-refractivity contribution in [3.8, 4) is 17.0 Å². The summed E-state index contributed by atoms with van der Waals surface area (Å²) in [6.07, 6.45) is 5.49. The van der Waals surface area contributed by atoms with E-state index in [4.69, 9.17) is 9.72 Å². The highest BCUT2D eigenvalue weighted by molar-refractivity contribution is 5.87. The van der Waals surface area contributed by atoms with Crippen LogP contribution in [0.25, 0.3) is 27.9 Å². The third kappa shape index (κ3) is 2.65. The lowest BCUT2D eigenvalue weighted by Gasteiger charge is -2.09. The highest BCUT2D eigenvalue weighted by atomic mass is 16.5. The predicted molar refractivity (Wildman–Crippen MR) is 104 cm³/mol. The Morgan fingerprint density at radius 2 is 2.00 bits per heavy atom. The third-order valence-corrected chi connectivity index (χ3v) is 4.47. The first-order valence-electron chi connectivity index (χ1n) is 8.49. The van der Waals surface area contributed by atoms with Gasteiger partial charge in [-0.15, -0.1) is 0 Å². The lowest BCUT2D eigenvalue weighted by Crippen LogP contribution is -1.97. The fourth-order valence-electron chi connectivity index (χ4n) is 3.11. The molecule has 0 spiro atoms. The largest absolute Gasteiger partial charge is 0.497 e. The second-order valence-corrected chi connectivity index (χ2v) is 6.12. The summed E-state index contributed by atoms with van der Waals surface area (Å²) in [6, 6.07) is 15.8. The zero-order chi connectivity index (χ0) is 18.2. The van der Waals surface area contributed by atoms with Crippen LogP contribution in [0, 0.1) is 0 Å². The molecule has 0 radical (unpaired) electrons. The number of benzene rings is 2. The van der Waals surface area contributed by atoms with Crippen molar-refractivity contribution in [2.75, 3.05) is 12.4 Å². The Balaban J connectivity index is 1.65. The number of fused-ring (bicyclic) bond motifs is 2. The maximum atomic E-state index is 5.24. The summed E-state index contributed by atoms with van der Waals surface area (Å²) in [5, 5.41) is 11.6. The second kappa shape index (κ2) is 6.14. The number of aromatic nitrogens is 5. The number of hydrogen-bond donors (Lipinski definition) is 2. The van der Waals surface area contributed by atoms with Crippen molar-refractivity contribution in [1.82, 2.24) is 24.6 Å². The molecule has 5 aromatic rings. The van der Waals surface area contributed by atoms with E-state index in [-0.39, 0.29) is 0 Å². The Morgan fingerprint density at radius 3 is 2.85 bits per heavy atom. The molecule has 0 saturated carbocycles. The van der Waals surface area contributed by atoms with Gasteiger partial charge in [0.15, 0.2) is 0 Å². The number of H-pyrrole nitrogens is 1. The molecular weight excluding hydrogens is 340 g/mol. The molecule has 3 heterocycles. The average molecular weight is 356 g/mol. The second-order valence-electron chi connectivity index (χ2n) is 6.12. The van der Waals surface area contributed by atoms with Crippen LogP contribution < -0.4 is 10.1 Å². The summed E-state index contributed by atoms with van der Waals surface area (Å²) >= 11 is 0. The normalized spacial score (nSPS) is 11.1. The summed E-state index contributed by atoms with van der Waals surface area (Å²) in [4.78, 5) is 9.12. The molecule has 0 aliphatic rings. The number of methoxy groups -OCH3 is 1. The molecular formula is C20H16N6O. The van der Waals surface area contributed by atoms with Gasteiger partial charge in [0.1, 0.15) is 17.3 Å². The van der Waals surface area contributed by atoms with E-state index in [1.165, 1.54) is 0 Å². The van der Waals surface area contributed by atoms with Gasteiger partial charge in [-0.1, -0.05) is 6.07 Å². The molecule has 0 unspecified atom stereocenters. The summed E-state index contributed by atoms with van der Waals surface area (Å²) in [6.45, 7) is 0. The standard InChI is InChI=1S/C20H16N6O/c1-27-16-6-4-15(5-7-16)23-19-18(24-20-21-9-2-10-26(19)20)13-3-8-17-14(11-13)12-22-25-17/h2-12,23H,1H3,(H,22,25). The van der Waals surface area contributed by atoms with Crippen molar-refractivity contribution in [2.24, 2.45) is 0 Å². The van der Waals surface area contributed by atoms with Crippen molar-refractivity contribution < 1.29 is 4.74 Å². The minimum Gasteiger partial charge on any atom is -0.497 e. The van der Waals surface area contributed by atoms with E-state index in [0.717, 1.165) is 39.4 Å². The quantitative estimate of drug-likeness (QED) is 0.508. The minimum absolute atomic E-state index is 0.635. The Bertz CT molecular complexity index is 1240. The van der Waals surface area contributed by atoms with Crippen molar-refractivity contribution in [3.05, 3.63) is 67.1 Å². The van der Waals surface area contributed by atoms with Gasteiger partial charge in [0.2, 0.25) is 5.78 Å². The lowest BCUT2D eigenvalue weighted by molar-refractivity contribution is 0.415. The Hall–Kier alpha value is -3.87. The van der Waals surface area contributed by atoms with Crippen molar-refractivity contribution in [1.29, 1.82) is 0 Å². The van der Waals surface area contributed by atoms with Crippen LogP contribution in [0.2, 0.25) is 0 Å². The van der Waals surface area contributed by atoms with Crippen LogP contribution in [0.5, 0.6) is 5.75 Å². The molecule has 2 aromatic carbocycles. The number of aromatic amines is 1. The van der Waals surface area contributed by atoms with Crippen molar-refractivity contribution in [3.63, 3.8) is 0 Å². The Morgan fingerprint density at radius 1 is 1.11 bits per heavy atom. The van der Waals surface area contributed by atoms with Gasteiger partial charge >= 0.3 is 0 Å². The fraction of sp³-hybridized carbons (Fsp3) is 0.0500. The zero-order valence-electron chi connectivity index (χ0n) is 14.5. The van der Waals surface area contributed by atoms with E-state index in [1.807, 2.05) is 59.3 Å². The molecule has 2 N–H and O–H groups in total. The van der Waals surface area contributed by atoms with Crippen LogP contribution in [0.4, 0.5) is 11.5 Å². The van der Waals surface area contributed by atoms with Gasteiger partial charge in [-0.2, -0.15) is 5.10 Å². The van der Waals surface area contributed by atoms with Crippen LogP contribution in [-0.2, 0) is 0 Å². The molecule has 7 nitrogen and oxygen atoms in total. The molecule has 3 aromatic heterocycles. The first-order valence-corrected chi connectivity index (χ1v) is 8.49. The number of rotatable bonds is 4. The third-order valence-electron chi connectivity index (χ3n) is 4.47. The molecule has 5 rings (SSSR count). The van der Waals surface area contributed by atoms with Gasteiger partial charge in [0.05, 0.1) is 18.8 Å². The molecule has 7 heteroatoms.